The van der Waals surface area contributed by atoms with Gasteiger partial charge in [0.05, 0.1) is 25.5 Å². The number of hydrogen-bond donors (Lipinski definition) is 0. The topological polar surface area (TPSA) is 63.0 Å². The molecule has 0 N–H and O–H groups in total. The van der Waals surface area contributed by atoms with Gasteiger partial charge in [0.15, 0.2) is 0 Å². The fourth-order valence-corrected chi connectivity index (χ4v) is 3.52. The van der Waals surface area contributed by atoms with Gasteiger partial charge in [-0.15, -0.1) is 0 Å². The minimum atomic E-state index is -0.170. The van der Waals surface area contributed by atoms with Crippen molar-refractivity contribution in [1.29, 1.82) is 0 Å². The first-order chi connectivity index (χ1) is 14.0. The molecule has 1 aliphatic heterocycles. The van der Waals surface area contributed by atoms with Crippen molar-refractivity contribution in [3.8, 4) is 0 Å². The monoisotopic (exact) mass is 398 g/mol. The van der Waals surface area contributed by atoms with Crippen LogP contribution in [0.5, 0.6) is 0 Å². The zero-order valence-corrected chi connectivity index (χ0v) is 17.3. The highest BCUT2D eigenvalue weighted by Crippen LogP contribution is 2.16. The number of rotatable bonds is 9. The maximum absolute atomic E-state index is 13.2. The number of carbonyl (C=O) groups excluding carboxylic acids is 2. The predicted molar refractivity (Wildman–Crippen MR) is 110 cm³/mol. The van der Waals surface area contributed by atoms with Crippen LogP contribution in [0.2, 0.25) is 0 Å². The Kier molecular flexibility index (Phi) is 7.47. The van der Waals surface area contributed by atoms with E-state index in [0.29, 0.717) is 19.6 Å². The van der Waals surface area contributed by atoms with Gasteiger partial charge < -0.3 is 19.0 Å². The molecule has 1 fully saturated rings. The molecule has 0 saturated carbocycles. The van der Waals surface area contributed by atoms with E-state index in [4.69, 9.17) is 9.15 Å². The Morgan fingerprint density at radius 3 is 2.48 bits per heavy atom. The Morgan fingerprint density at radius 1 is 1.07 bits per heavy atom. The number of ether oxygens (including phenoxy) is 1. The maximum atomic E-state index is 13.2. The van der Waals surface area contributed by atoms with E-state index in [9.17, 15) is 9.59 Å². The summed E-state index contributed by atoms with van der Waals surface area (Å²) in [4.78, 5) is 29.4. The lowest BCUT2D eigenvalue weighted by Gasteiger charge is -2.30. The van der Waals surface area contributed by atoms with Crippen molar-refractivity contribution < 1.29 is 18.7 Å². The van der Waals surface area contributed by atoms with Crippen molar-refractivity contribution in [3.63, 3.8) is 0 Å². The molecule has 6 heteroatoms. The number of hydrogen-bond acceptors (Lipinski definition) is 4. The van der Waals surface area contributed by atoms with Crippen LogP contribution in [-0.4, -0.2) is 47.4 Å². The highest BCUT2D eigenvalue weighted by atomic mass is 16.5. The summed E-state index contributed by atoms with van der Waals surface area (Å²) >= 11 is 0. The third kappa shape index (κ3) is 6.19. The first-order valence-electron chi connectivity index (χ1n) is 10.3. The van der Waals surface area contributed by atoms with Gasteiger partial charge in [0.1, 0.15) is 5.76 Å². The molecule has 1 unspecified atom stereocenters. The van der Waals surface area contributed by atoms with Gasteiger partial charge in [-0.2, -0.15) is 0 Å². The van der Waals surface area contributed by atoms with Gasteiger partial charge in [0, 0.05) is 25.6 Å². The Labute approximate surface area is 172 Å². The van der Waals surface area contributed by atoms with Crippen LogP contribution in [0.15, 0.2) is 53.1 Å². The van der Waals surface area contributed by atoms with E-state index in [2.05, 4.69) is 0 Å². The van der Waals surface area contributed by atoms with E-state index in [1.165, 1.54) is 0 Å². The van der Waals surface area contributed by atoms with Crippen LogP contribution < -0.4 is 0 Å². The van der Waals surface area contributed by atoms with Crippen LogP contribution >= 0.6 is 0 Å². The van der Waals surface area contributed by atoms with E-state index in [0.717, 1.165) is 30.8 Å². The number of nitrogens with zero attached hydrogens (tertiary/aromatic N) is 2. The SMILES string of the molecule is CC(C)C(=O)N(CC(=O)N(Cc1ccccc1)Cc1ccco1)CC1CCCO1. The lowest BCUT2D eigenvalue weighted by Crippen LogP contribution is -2.46. The molecule has 1 aliphatic rings. The molecule has 1 aromatic carbocycles. The van der Waals surface area contributed by atoms with Crippen molar-refractivity contribution in [2.75, 3.05) is 19.7 Å². The Bertz CT molecular complexity index is 767. The minimum absolute atomic E-state index is 0.0122. The second-order valence-electron chi connectivity index (χ2n) is 7.82. The first kappa shape index (κ1) is 21.1. The summed E-state index contributed by atoms with van der Waals surface area (Å²) < 4.78 is 11.2. The molecule has 0 spiro atoms. The molecule has 0 radical (unpaired) electrons. The molecular formula is C23H30N2O4. The molecule has 0 bridgehead atoms. The van der Waals surface area contributed by atoms with Crippen LogP contribution in [0.4, 0.5) is 0 Å². The number of amides is 2. The summed E-state index contributed by atoms with van der Waals surface area (Å²) in [6.45, 7) is 5.78. The summed E-state index contributed by atoms with van der Waals surface area (Å²) in [5.41, 5.74) is 1.04. The van der Waals surface area contributed by atoms with Crippen molar-refractivity contribution in [2.45, 2.75) is 45.9 Å². The van der Waals surface area contributed by atoms with E-state index in [1.54, 1.807) is 16.1 Å². The van der Waals surface area contributed by atoms with Crippen molar-refractivity contribution in [3.05, 3.63) is 60.1 Å². The van der Waals surface area contributed by atoms with Crippen LogP contribution in [0.1, 0.15) is 38.0 Å². The summed E-state index contributed by atoms with van der Waals surface area (Å²) in [5.74, 6) is 0.427. The standard InChI is InChI=1S/C23H30N2O4/c1-18(2)23(27)25(16-21-11-7-13-29-21)17-22(26)24(15-20-10-6-12-28-20)14-19-8-4-3-5-9-19/h3-6,8-10,12,18,21H,7,11,13-17H2,1-2H3. The molecule has 0 aliphatic carbocycles. The van der Waals surface area contributed by atoms with E-state index in [1.807, 2.05) is 56.3 Å². The smallest absolute Gasteiger partial charge is 0.242 e. The summed E-state index contributed by atoms with van der Waals surface area (Å²) in [6.07, 6.45) is 3.54. The highest BCUT2D eigenvalue weighted by molar-refractivity contribution is 5.85. The third-order valence-electron chi connectivity index (χ3n) is 5.08. The zero-order valence-electron chi connectivity index (χ0n) is 17.3. The number of furan rings is 1. The molecule has 2 aromatic rings. The summed E-state index contributed by atoms with van der Waals surface area (Å²) in [5, 5.41) is 0. The molecule has 1 aromatic heterocycles. The first-order valence-corrected chi connectivity index (χ1v) is 10.3. The van der Waals surface area contributed by atoms with Gasteiger partial charge in [0.2, 0.25) is 11.8 Å². The highest BCUT2D eigenvalue weighted by Gasteiger charge is 2.27. The molecule has 156 valence electrons. The van der Waals surface area contributed by atoms with E-state index >= 15 is 0 Å². The molecule has 2 amide bonds. The van der Waals surface area contributed by atoms with Gasteiger partial charge in [-0.25, -0.2) is 0 Å². The Morgan fingerprint density at radius 2 is 1.86 bits per heavy atom. The Balaban J connectivity index is 1.73. The van der Waals surface area contributed by atoms with Crippen LogP contribution in [0.25, 0.3) is 0 Å². The van der Waals surface area contributed by atoms with Gasteiger partial charge in [-0.3, -0.25) is 9.59 Å². The normalized spacial score (nSPS) is 16.2. The molecular weight excluding hydrogens is 368 g/mol. The van der Waals surface area contributed by atoms with Crippen LogP contribution in [0.3, 0.4) is 0 Å². The molecule has 3 rings (SSSR count). The van der Waals surface area contributed by atoms with Gasteiger partial charge in [-0.1, -0.05) is 44.2 Å². The summed E-state index contributed by atoms with van der Waals surface area (Å²) in [7, 11) is 0. The summed E-state index contributed by atoms with van der Waals surface area (Å²) in [6, 6.07) is 13.5. The van der Waals surface area contributed by atoms with Crippen molar-refractivity contribution in [1.82, 2.24) is 9.80 Å². The van der Waals surface area contributed by atoms with Gasteiger partial charge >= 0.3 is 0 Å². The largest absolute Gasteiger partial charge is 0.467 e. The average Bonchev–Trinajstić information content (AvgIpc) is 3.41. The fourth-order valence-electron chi connectivity index (χ4n) is 3.52. The lowest BCUT2D eigenvalue weighted by molar-refractivity contribution is -0.144. The fraction of sp³-hybridized carbons (Fsp3) is 0.478. The zero-order chi connectivity index (χ0) is 20.6. The molecule has 6 nitrogen and oxygen atoms in total. The molecule has 29 heavy (non-hydrogen) atoms. The van der Waals surface area contributed by atoms with Gasteiger partial charge in [-0.05, 0) is 30.5 Å². The van der Waals surface area contributed by atoms with Gasteiger partial charge in [0.25, 0.3) is 0 Å². The van der Waals surface area contributed by atoms with E-state index in [-0.39, 0.29) is 30.4 Å². The lowest BCUT2D eigenvalue weighted by atomic mass is 10.1. The van der Waals surface area contributed by atoms with Crippen LogP contribution in [0, 0.1) is 5.92 Å². The molecule has 1 saturated heterocycles. The predicted octanol–water partition coefficient (Wildman–Crippen LogP) is 3.47. The van der Waals surface area contributed by atoms with E-state index < -0.39 is 0 Å². The quantitative estimate of drug-likeness (QED) is 0.649. The van der Waals surface area contributed by atoms with Crippen LogP contribution in [-0.2, 0) is 27.4 Å². The number of benzene rings is 1. The maximum Gasteiger partial charge on any atom is 0.242 e. The second kappa shape index (κ2) is 10.3. The van der Waals surface area contributed by atoms with Crippen molar-refractivity contribution in [2.24, 2.45) is 5.92 Å². The Hall–Kier alpha value is -2.60. The minimum Gasteiger partial charge on any atom is -0.467 e. The average molecular weight is 399 g/mol. The second-order valence-corrected chi connectivity index (χ2v) is 7.82. The molecule has 2 heterocycles. The molecule has 1 atom stereocenters. The number of carbonyl (C=O) groups is 2. The van der Waals surface area contributed by atoms with Crippen molar-refractivity contribution >= 4 is 11.8 Å². The third-order valence-corrected chi connectivity index (χ3v) is 5.08.